The van der Waals surface area contributed by atoms with Crippen LogP contribution in [0.5, 0.6) is 0 Å². The van der Waals surface area contributed by atoms with E-state index in [9.17, 15) is 4.79 Å². The van der Waals surface area contributed by atoms with Gasteiger partial charge in [0.25, 0.3) is 0 Å². The third-order valence-electron chi connectivity index (χ3n) is 4.96. The summed E-state index contributed by atoms with van der Waals surface area (Å²) >= 11 is 7.49. The largest absolute Gasteiger partial charge is 0.325 e. The number of para-hydroxylation sites is 1. The Labute approximate surface area is 179 Å². The first-order valence-corrected chi connectivity index (χ1v) is 10.9. The van der Waals surface area contributed by atoms with Gasteiger partial charge in [-0.2, -0.15) is 0 Å². The van der Waals surface area contributed by atoms with Crippen LogP contribution >= 0.6 is 23.4 Å². The summed E-state index contributed by atoms with van der Waals surface area (Å²) in [5.74, 6) is 0.761. The van der Waals surface area contributed by atoms with Crippen LogP contribution in [-0.4, -0.2) is 26.0 Å². The summed E-state index contributed by atoms with van der Waals surface area (Å²) in [6, 6.07) is 15.2. The monoisotopic (exact) mass is 427 g/mol. The molecule has 0 radical (unpaired) electrons. The number of hydrogen-bond donors (Lipinski definition) is 2. The van der Waals surface area contributed by atoms with Gasteiger partial charge in [-0.25, -0.2) is 4.68 Å². The van der Waals surface area contributed by atoms with Gasteiger partial charge in [-0.1, -0.05) is 67.5 Å². The Balaban J connectivity index is 1.68. The number of amides is 1. The van der Waals surface area contributed by atoms with Crippen molar-refractivity contribution in [3.8, 4) is 0 Å². The van der Waals surface area contributed by atoms with Crippen LogP contribution in [0.4, 0.5) is 5.69 Å². The fourth-order valence-electron chi connectivity index (χ4n) is 3.40. The van der Waals surface area contributed by atoms with Crippen LogP contribution in [0.2, 0.25) is 5.02 Å². The summed E-state index contributed by atoms with van der Waals surface area (Å²) in [5, 5.41) is 12.5. The number of carbonyl (C=O) groups is 1. The van der Waals surface area contributed by atoms with E-state index in [4.69, 9.17) is 11.6 Å². The Kier molecular flexibility index (Phi) is 5.78. The second kappa shape index (κ2) is 8.47. The zero-order chi connectivity index (χ0) is 20.4. The summed E-state index contributed by atoms with van der Waals surface area (Å²) in [7, 11) is 0. The minimum Gasteiger partial charge on any atom is -0.325 e. The maximum absolute atomic E-state index is 13.3. The Morgan fingerprint density at radius 1 is 1.14 bits per heavy atom. The number of hydrogen-bond acceptors (Lipinski definition) is 5. The van der Waals surface area contributed by atoms with Crippen LogP contribution < -0.4 is 10.7 Å². The molecule has 0 aliphatic carbocycles. The number of rotatable bonds is 5. The SMILES string of the molecule is CCc1ccccc1NC(=O)[C@H]1Sc2nnc(CC)n2N[C@H]1c1ccc(Cl)cc1. The van der Waals surface area contributed by atoms with E-state index < -0.39 is 5.25 Å². The first-order valence-electron chi connectivity index (χ1n) is 9.62. The highest BCUT2D eigenvalue weighted by Gasteiger charge is 2.37. The number of carbonyl (C=O) groups excluding carboxylic acids is 1. The number of benzene rings is 2. The fraction of sp³-hybridized carbons (Fsp3) is 0.286. The number of anilines is 1. The van der Waals surface area contributed by atoms with Crippen LogP contribution in [0.25, 0.3) is 0 Å². The van der Waals surface area contributed by atoms with Crippen molar-refractivity contribution < 1.29 is 4.79 Å². The minimum absolute atomic E-state index is 0.0735. The molecule has 0 saturated heterocycles. The molecule has 1 aromatic heterocycles. The van der Waals surface area contributed by atoms with E-state index >= 15 is 0 Å². The van der Waals surface area contributed by atoms with E-state index in [1.807, 2.05) is 60.1 Å². The number of thioether (sulfide) groups is 1. The highest BCUT2D eigenvalue weighted by Crippen LogP contribution is 2.38. The highest BCUT2D eigenvalue weighted by molar-refractivity contribution is 8.00. The number of aryl methyl sites for hydroxylation is 2. The molecule has 2 N–H and O–H groups in total. The number of nitrogens with zero attached hydrogens (tertiary/aromatic N) is 3. The van der Waals surface area contributed by atoms with Gasteiger partial charge in [0.1, 0.15) is 5.25 Å². The van der Waals surface area contributed by atoms with Gasteiger partial charge < -0.3 is 10.7 Å². The molecular weight excluding hydrogens is 406 g/mol. The summed E-state index contributed by atoms with van der Waals surface area (Å²) < 4.78 is 1.88. The van der Waals surface area contributed by atoms with Crippen molar-refractivity contribution in [1.29, 1.82) is 0 Å². The minimum atomic E-state index is -0.414. The van der Waals surface area contributed by atoms with E-state index in [1.54, 1.807) is 0 Å². The van der Waals surface area contributed by atoms with E-state index in [1.165, 1.54) is 11.8 Å². The number of aromatic nitrogens is 3. The van der Waals surface area contributed by atoms with Crippen LogP contribution in [0, 0.1) is 0 Å². The van der Waals surface area contributed by atoms with Crippen molar-refractivity contribution in [1.82, 2.24) is 14.9 Å². The summed E-state index contributed by atoms with van der Waals surface area (Å²) in [5.41, 5.74) is 6.37. The molecule has 0 spiro atoms. The van der Waals surface area contributed by atoms with Gasteiger partial charge in [0.2, 0.25) is 11.1 Å². The zero-order valence-corrected chi connectivity index (χ0v) is 17.8. The molecule has 2 heterocycles. The smallest absolute Gasteiger partial charge is 0.240 e. The predicted molar refractivity (Wildman–Crippen MR) is 117 cm³/mol. The van der Waals surface area contributed by atoms with Crippen molar-refractivity contribution in [2.75, 3.05) is 10.7 Å². The highest BCUT2D eigenvalue weighted by atomic mass is 35.5. The number of nitrogens with one attached hydrogen (secondary N) is 2. The summed E-state index contributed by atoms with van der Waals surface area (Å²) in [6.07, 6.45) is 1.59. The van der Waals surface area contributed by atoms with Gasteiger partial charge in [-0.3, -0.25) is 4.79 Å². The van der Waals surface area contributed by atoms with Gasteiger partial charge >= 0.3 is 0 Å². The van der Waals surface area contributed by atoms with Crippen molar-refractivity contribution in [3.63, 3.8) is 0 Å². The Hall–Kier alpha value is -2.51. The molecule has 0 saturated carbocycles. The zero-order valence-electron chi connectivity index (χ0n) is 16.2. The third-order valence-corrected chi connectivity index (χ3v) is 6.43. The first kappa shape index (κ1) is 19.8. The Morgan fingerprint density at radius 3 is 2.62 bits per heavy atom. The number of halogens is 1. The number of fused-ring (bicyclic) bond motifs is 1. The lowest BCUT2D eigenvalue weighted by Gasteiger charge is -2.33. The molecule has 4 rings (SSSR count). The van der Waals surface area contributed by atoms with Crippen molar-refractivity contribution in [3.05, 3.63) is 70.5 Å². The summed E-state index contributed by atoms with van der Waals surface area (Å²) in [4.78, 5) is 13.3. The second-order valence-electron chi connectivity index (χ2n) is 6.78. The molecule has 3 aromatic rings. The summed E-state index contributed by atoms with van der Waals surface area (Å²) in [6.45, 7) is 4.11. The van der Waals surface area contributed by atoms with Crippen LogP contribution in [0.1, 0.15) is 36.8 Å². The molecule has 1 aliphatic heterocycles. The van der Waals surface area contributed by atoms with E-state index in [0.717, 1.165) is 35.5 Å². The first-order chi connectivity index (χ1) is 14.1. The average Bonchev–Trinajstić information content (AvgIpc) is 3.16. The Morgan fingerprint density at radius 2 is 1.90 bits per heavy atom. The molecule has 29 heavy (non-hydrogen) atoms. The fourth-order valence-corrected chi connectivity index (χ4v) is 4.63. The average molecular weight is 428 g/mol. The van der Waals surface area contributed by atoms with Gasteiger partial charge in [0, 0.05) is 17.1 Å². The maximum atomic E-state index is 13.3. The van der Waals surface area contributed by atoms with Crippen LogP contribution in [0.3, 0.4) is 0 Å². The molecule has 2 atom stereocenters. The molecule has 1 amide bonds. The van der Waals surface area contributed by atoms with Gasteiger partial charge in [-0.15, -0.1) is 10.2 Å². The Bertz CT molecular complexity index is 1020. The molecule has 0 unspecified atom stereocenters. The van der Waals surface area contributed by atoms with Gasteiger partial charge in [0.05, 0.1) is 6.04 Å². The topological polar surface area (TPSA) is 71.8 Å². The normalized spacial score (nSPS) is 18.0. The molecule has 1 aliphatic rings. The lowest BCUT2D eigenvalue weighted by atomic mass is 10.0. The molecule has 0 bridgehead atoms. The van der Waals surface area contributed by atoms with Crippen LogP contribution in [0.15, 0.2) is 53.7 Å². The lowest BCUT2D eigenvalue weighted by molar-refractivity contribution is -0.116. The molecule has 0 fully saturated rings. The third kappa shape index (κ3) is 3.97. The standard InChI is InChI=1S/C21H22ClN5OS/c1-3-13-7-5-6-8-16(13)23-20(28)19-18(14-9-11-15(22)12-10-14)26-27-17(4-2)24-25-21(27)29-19/h5-12,18-19,26H,3-4H2,1-2H3,(H,23,28)/t18-,19-/m0/s1. The molecule has 2 aromatic carbocycles. The van der Waals surface area contributed by atoms with E-state index in [-0.39, 0.29) is 11.9 Å². The van der Waals surface area contributed by atoms with E-state index in [2.05, 4.69) is 27.9 Å². The van der Waals surface area contributed by atoms with Gasteiger partial charge in [-0.05, 0) is 35.7 Å². The van der Waals surface area contributed by atoms with E-state index in [0.29, 0.717) is 10.2 Å². The van der Waals surface area contributed by atoms with Crippen molar-refractivity contribution in [2.45, 2.75) is 43.1 Å². The maximum Gasteiger partial charge on any atom is 0.240 e. The molecular formula is C21H22ClN5OS. The second-order valence-corrected chi connectivity index (χ2v) is 8.33. The van der Waals surface area contributed by atoms with Crippen molar-refractivity contribution >= 4 is 35.0 Å². The van der Waals surface area contributed by atoms with Crippen molar-refractivity contribution in [2.24, 2.45) is 0 Å². The van der Waals surface area contributed by atoms with Crippen LogP contribution in [-0.2, 0) is 17.6 Å². The molecule has 6 nitrogen and oxygen atoms in total. The quantitative estimate of drug-likeness (QED) is 0.629. The molecule has 8 heteroatoms. The molecule has 150 valence electrons. The predicted octanol–water partition coefficient (Wildman–Crippen LogP) is 4.45. The van der Waals surface area contributed by atoms with Gasteiger partial charge in [0.15, 0.2) is 5.82 Å². The lowest BCUT2D eigenvalue weighted by Crippen LogP contribution is -2.41.